The molecule has 0 saturated heterocycles. The van der Waals surface area contributed by atoms with E-state index >= 15 is 0 Å². The molecule has 3 rings (SSSR count). The zero-order valence-electron chi connectivity index (χ0n) is 10.8. The van der Waals surface area contributed by atoms with Gasteiger partial charge in [0.05, 0.1) is 11.1 Å². The van der Waals surface area contributed by atoms with E-state index in [1.54, 1.807) is 36.4 Å². The van der Waals surface area contributed by atoms with Crippen LogP contribution in [0.15, 0.2) is 42.5 Å². The molecule has 6 nitrogen and oxygen atoms in total. The highest BCUT2D eigenvalue weighted by molar-refractivity contribution is 6.21. The first-order valence-corrected chi connectivity index (χ1v) is 6.15. The molecule has 1 aliphatic rings. The topological polar surface area (TPSA) is 84.5 Å². The summed E-state index contributed by atoms with van der Waals surface area (Å²) in [6, 6.07) is 11.4. The lowest BCUT2D eigenvalue weighted by atomic mass is 10.1. The van der Waals surface area contributed by atoms with E-state index in [4.69, 9.17) is 4.74 Å². The van der Waals surface area contributed by atoms with Gasteiger partial charge in [-0.15, -0.1) is 0 Å². The number of hydrogen-bond donors (Lipinski definition) is 2. The van der Waals surface area contributed by atoms with Crippen molar-refractivity contribution in [2.45, 2.75) is 0 Å². The average Bonchev–Trinajstić information content (AvgIpc) is 2.76. The summed E-state index contributed by atoms with van der Waals surface area (Å²) >= 11 is 0. The quantitative estimate of drug-likeness (QED) is 0.663. The summed E-state index contributed by atoms with van der Waals surface area (Å²) < 4.78 is 5.61. The molecule has 0 bridgehead atoms. The maximum atomic E-state index is 11.6. The molecular formula is C15H10N2O4. The van der Waals surface area contributed by atoms with Crippen LogP contribution in [-0.4, -0.2) is 18.2 Å². The number of carbonyl (C=O) groups excluding carboxylic acids is 3. The molecule has 104 valence electrons. The molecule has 1 aliphatic heterocycles. The Morgan fingerprint density at radius 3 is 2.29 bits per heavy atom. The number of ether oxygens (including phenoxy) is 1. The monoisotopic (exact) mass is 282 g/mol. The van der Waals surface area contributed by atoms with E-state index < -0.39 is 11.8 Å². The zero-order chi connectivity index (χ0) is 14.8. The van der Waals surface area contributed by atoms with E-state index in [1.807, 2.05) is 0 Å². The van der Waals surface area contributed by atoms with Crippen molar-refractivity contribution in [2.75, 3.05) is 5.32 Å². The zero-order valence-corrected chi connectivity index (χ0v) is 10.8. The molecule has 0 fully saturated rings. The Morgan fingerprint density at radius 2 is 1.57 bits per heavy atom. The van der Waals surface area contributed by atoms with Gasteiger partial charge in [-0.1, -0.05) is 0 Å². The molecular weight excluding hydrogens is 272 g/mol. The molecule has 0 spiro atoms. The summed E-state index contributed by atoms with van der Waals surface area (Å²) in [7, 11) is 0. The molecule has 6 heteroatoms. The molecule has 0 atom stereocenters. The number of anilines is 1. The van der Waals surface area contributed by atoms with Crippen LogP contribution in [0.2, 0.25) is 0 Å². The van der Waals surface area contributed by atoms with Gasteiger partial charge in [-0.25, -0.2) is 0 Å². The molecule has 3 amide bonds. The van der Waals surface area contributed by atoms with E-state index in [1.165, 1.54) is 6.07 Å². The first-order valence-electron chi connectivity index (χ1n) is 6.15. The number of rotatable bonds is 4. The Hall–Kier alpha value is -3.15. The Balaban J connectivity index is 1.82. The minimum absolute atomic E-state index is 0.303. The largest absolute Gasteiger partial charge is 0.457 e. The fraction of sp³-hybridized carbons (Fsp3) is 0. The Labute approximate surface area is 119 Å². The van der Waals surface area contributed by atoms with Gasteiger partial charge in [0.25, 0.3) is 11.8 Å². The predicted octanol–water partition coefficient (Wildman–Crippen LogP) is 1.93. The van der Waals surface area contributed by atoms with E-state index in [-0.39, 0.29) is 0 Å². The Kier molecular flexibility index (Phi) is 3.12. The molecule has 0 radical (unpaired) electrons. The highest BCUT2D eigenvalue weighted by Crippen LogP contribution is 2.26. The summed E-state index contributed by atoms with van der Waals surface area (Å²) in [5, 5.41) is 4.74. The number of carbonyl (C=O) groups is 3. The molecule has 2 aromatic carbocycles. The van der Waals surface area contributed by atoms with Crippen LogP contribution in [0.1, 0.15) is 20.7 Å². The highest BCUT2D eigenvalue weighted by atomic mass is 16.5. The van der Waals surface area contributed by atoms with Crippen molar-refractivity contribution in [1.82, 2.24) is 5.32 Å². The summed E-state index contributed by atoms with van der Waals surface area (Å²) in [6.45, 7) is 0. The second kappa shape index (κ2) is 5.09. The molecule has 0 aromatic heterocycles. The number of nitrogens with one attached hydrogen (secondary N) is 2. The lowest BCUT2D eigenvalue weighted by Gasteiger charge is -2.07. The lowest BCUT2D eigenvalue weighted by molar-refractivity contribution is -0.105. The van der Waals surface area contributed by atoms with Crippen LogP contribution in [0.4, 0.5) is 5.69 Å². The number of imide groups is 1. The third-order valence-corrected chi connectivity index (χ3v) is 3.02. The van der Waals surface area contributed by atoms with Gasteiger partial charge in [0, 0.05) is 5.69 Å². The minimum Gasteiger partial charge on any atom is -0.457 e. The Morgan fingerprint density at radius 1 is 0.905 bits per heavy atom. The minimum atomic E-state index is -0.425. The molecule has 2 N–H and O–H groups in total. The SMILES string of the molecule is O=CNc1ccc(Oc2ccc3c(c2)C(=O)NC3=O)cc1. The van der Waals surface area contributed by atoms with Crippen molar-refractivity contribution in [3.05, 3.63) is 53.6 Å². The van der Waals surface area contributed by atoms with E-state index in [2.05, 4.69) is 10.6 Å². The third-order valence-electron chi connectivity index (χ3n) is 3.02. The van der Waals surface area contributed by atoms with Crippen LogP contribution in [0, 0.1) is 0 Å². The fourth-order valence-electron chi connectivity index (χ4n) is 2.03. The van der Waals surface area contributed by atoms with Crippen LogP contribution in [0.3, 0.4) is 0 Å². The van der Waals surface area contributed by atoms with Gasteiger partial charge in [0.15, 0.2) is 0 Å². The van der Waals surface area contributed by atoms with Crippen molar-refractivity contribution >= 4 is 23.9 Å². The third kappa shape index (κ3) is 2.46. The van der Waals surface area contributed by atoms with E-state index in [9.17, 15) is 14.4 Å². The van der Waals surface area contributed by atoms with Crippen molar-refractivity contribution in [3.63, 3.8) is 0 Å². The van der Waals surface area contributed by atoms with Gasteiger partial charge < -0.3 is 10.1 Å². The first-order chi connectivity index (χ1) is 10.2. The molecule has 1 heterocycles. The summed E-state index contributed by atoms with van der Waals surface area (Å²) in [4.78, 5) is 33.3. The fourth-order valence-corrected chi connectivity index (χ4v) is 2.03. The summed E-state index contributed by atoms with van der Waals surface area (Å²) in [6.07, 6.45) is 0.589. The standard InChI is InChI=1S/C15H10N2O4/c18-8-16-9-1-3-10(4-2-9)21-11-5-6-12-13(7-11)15(20)17-14(12)19/h1-8H,(H,16,18)(H,17,19,20). The normalized spacial score (nSPS) is 12.6. The molecule has 0 aliphatic carbocycles. The number of hydrogen-bond acceptors (Lipinski definition) is 4. The summed E-state index contributed by atoms with van der Waals surface area (Å²) in [5.74, 6) is 0.183. The number of amides is 3. The first kappa shape index (κ1) is 12.9. The lowest BCUT2D eigenvalue weighted by Crippen LogP contribution is -2.19. The molecule has 0 saturated carbocycles. The highest BCUT2D eigenvalue weighted by Gasteiger charge is 2.26. The Bertz CT molecular complexity index is 738. The smallest absolute Gasteiger partial charge is 0.259 e. The van der Waals surface area contributed by atoms with Gasteiger partial charge in [-0.3, -0.25) is 19.7 Å². The maximum Gasteiger partial charge on any atom is 0.259 e. The van der Waals surface area contributed by atoms with Crippen molar-refractivity contribution in [3.8, 4) is 11.5 Å². The van der Waals surface area contributed by atoms with Gasteiger partial charge in [0.1, 0.15) is 11.5 Å². The van der Waals surface area contributed by atoms with Crippen LogP contribution in [0.25, 0.3) is 0 Å². The average molecular weight is 282 g/mol. The molecule has 21 heavy (non-hydrogen) atoms. The van der Waals surface area contributed by atoms with Crippen LogP contribution in [0.5, 0.6) is 11.5 Å². The number of fused-ring (bicyclic) bond motifs is 1. The molecule has 0 unspecified atom stereocenters. The van der Waals surface area contributed by atoms with Gasteiger partial charge in [-0.2, -0.15) is 0 Å². The van der Waals surface area contributed by atoms with Gasteiger partial charge >= 0.3 is 0 Å². The van der Waals surface area contributed by atoms with Crippen LogP contribution >= 0.6 is 0 Å². The maximum absolute atomic E-state index is 11.6. The van der Waals surface area contributed by atoms with E-state index in [0.717, 1.165) is 0 Å². The summed E-state index contributed by atoms with van der Waals surface area (Å²) in [5.41, 5.74) is 1.30. The van der Waals surface area contributed by atoms with Crippen molar-refractivity contribution in [1.29, 1.82) is 0 Å². The van der Waals surface area contributed by atoms with Gasteiger partial charge in [0.2, 0.25) is 6.41 Å². The van der Waals surface area contributed by atoms with E-state index in [0.29, 0.717) is 34.7 Å². The molecule has 2 aromatic rings. The van der Waals surface area contributed by atoms with Crippen molar-refractivity contribution < 1.29 is 19.1 Å². The van der Waals surface area contributed by atoms with Crippen LogP contribution < -0.4 is 15.4 Å². The van der Waals surface area contributed by atoms with Crippen LogP contribution in [-0.2, 0) is 4.79 Å². The van der Waals surface area contributed by atoms with Crippen molar-refractivity contribution in [2.24, 2.45) is 0 Å². The number of benzene rings is 2. The second-order valence-electron chi connectivity index (χ2n) is 4.38. The predicted molar refractivity (Wildman–Crippen MR) is 74.4 cm³/mol. The second-order valence-corrected chi connectivity index (χ2v) is 4.38. The van der Waals surface area contributed by atoms with Gasteiger partial charge in [-0.05, 0) is 42.5 Å².